The van der Waals surface area contributed by atoms with Crippen molar-refractivity contribution < 1.29 is 4.42 Å². The van der Waals surface area contributed by atoms with Gasteiger partial charge in [-0.05, 0) is 13.3 Å². The van der Waals surface area contributed by atoms with Crippen LogP contribution in [0.5, 0.6) is 0 Å². The number of hydrogen-bond donors (Lipinski definition) is 1. The molecular weight excluding hydrogens is 218 g/mol. The van der Waals surface area contributed by atoms with Crippen LogP contribution < -0.4 is 5.32 Å². The van der Waals surface area contributed by atoms with E-state index in [2.05, 4.69) is 27.5 Å². The first-order valence-corrected chi connectivity index (χ1v) is 5.78. The number of nitrogens with one attached hydrogen (secondary N) is 1. The second kappa shape index (κ2) is 4.99. The Balaban J connectivity index is 1.99. The molecule has 0 fully saturated rings. The highest BCUT2D eigenvalue weighted by Crippen LogP contribution is 2.17. The minimum atomic E-state index is -0.0181. The minimum absolute atomic E-state index is 0.0181. The highest BCUT2D eigenvalue weighted by molar-refractivity contribution is 5.39. The van der Waals surface area contributed by atoms with Crippen molar-refractivity contribution in [1.29, 1.82) is 0 Å². The van der Waals surface area contributed by atoms with Crippen LogP contribution >= 0.6 is 0 Å². The van der Waals surface area contributed by atoms with E-state index in [9.17, 15) is 0 Å². The SMILES string of the molecule is CCCn1cc(NC(C)c2nnc(C)o2)cn1. The van der Waals surface area contributed by atoms with Gasteiger partial charge in [0, 0.05) is 19.7 Å². The van der Waals surface area contributed by atoms with Gasteiger partial charge in [0.2, 0.25) is 11.8 Å². The lowest BCUT2D eigenvalue weighted by molar-refractivity contribution is 0.451. The lowest BCUT2D eigenvalue weighted by Gasteiger charge is -2.08. The molecule has 2 rings (SSSR count). The maximum Gasteiger partial charge on any atom is 0.238 e. The molecule has 0 saturated heterocycles. The van der Waals surface area contributed by atoms with E-state index in [1.165, 1.54) is 0 Å². The number of aryl methyl sites for hydroxylation is 2. The van der Waals surface area contributed by atoms with E-state index < -0.39 is 0 Å². The fraction of sp³-hybridized carbons (Fsp3) is 0.545. The average molecular weight is 235 g/mol. The standard InChI is InChI=1S/C11H17N5O/c1-4-5-16-7-10(6-12-16)13-8(2)11-15-14-9(3)17-11/h6-8,13H,4-5H2,1-3H3. The van der Waals surface area contributed by atoms with Crippen LogP contribution in [0.25, 0.3) is 0 Å². The van der Waals surface area contributed by atoms with Crippen LogP contribution in [0.2, 0.25) is 0 Å². The molecule has 0 saturated carbocycles. The van der Waals surface area contributed by atoms with Crippen molar-refractivity contribution in [1.82, 2.24) is 20.0 Å². The van der Waals surface area contributed by atoms with Crippen molar-refractivity contribution in [3.63, 3.8) is 0 Å². The number of rotatable bonds is 5. The van der Waals surface area contributed by atoms with Crippen molar-refractivity contribution in [3.05, 3.63) is 24.2 Å². The first-order chi connectivity index (χ1) is 8.19. The molecule has 6 nitrogen and oxygen atoms in total. The van der Waals surface area contributed by atoms with E-state index in [1.807, 2.05) is 17.8 Å². The van der Waals surface area contributed by atoms with Gasteiger partial charge in [0.25, 0.3) is 0 Å². The Kier molecular flexibility index (Phi) is 3.41. The van der Waals surface area contributed by atoms with Gasteiger partial charge < -0.3 is 9.73 Å². The summed E-state index contributed by atoms with van der Waals surface area (Å²) < 4.78 is 7.27. The maximum absolute atomic E-state index is 5.36. The van der Waals surface area contributed by atoms with Crippen LogP contribution in [0, 0.1) is 6.92 Å². The summed E-state index contributed by atoms with van der Waals surface area (Å²) >= 11 is 0. The van der Waals surface area contributed by atoms with Crippen LogP contribution in [0.4, 0.5) is 5.69 Å². The molecule has 0 aromatic carbocycles. The first-order valence-electron chi connectivity index (χ1n) is 5.78. The zero-order valence-corrected chi connectivity index (χ0v) is 10.3. The third-order valence-electron chi connectivity index (χ3n) is 2.38. The molecule has 2 heterocycles. The van der Waals surface area contributed by atoms with Crippen LogP contribution in [0.15, 0.2) is 16.8 Å². The summed E-state index contributed by atoms with van der Waals surface area (Å²) in [6, 6.07) is -0.0181. The Morgan fingerprint density at radius 2 is 2.29 bits per heavy atom. The Labute approximate surface area is 100 Å². The van der Waals surface area contributed by atoms with E-state index in [0.29, 0.717) is 11.8 Å². The summed E-state index contributed by atoms with van der Waals surface area (Å²) in [6.07, 6.45) is 4.85. The monoisotopic (exact) mass is 235 g/mol. The summed E-state index contributed by atoms with van der Waals surface area (Å²) in [7, 11) is 0. The Hall–Kier alpha value is -1.85. The fourth-order valence-electron chi connectivity index (χ4n) is 1.59. The lowest BCUT2D eigenvalue weighted by atomic mass is 10.3. The number of anilines is 1. The normalized spacial score (nSPS) is 12.6. The molecule has 2 aromatic rings. The quantitative estimate of drug-likeness (QED) is 0.860. The van der Waals surface area contributed by atoms with Crippen molar-refractivity contribution in [3.8, 4) is 0 Å². The molecule has 2 aromatic heterocycles. The van der Waals surface area contributed by atoms with E-state index in [4.69, 9.17) is 4.42 Å². The Morgan fingerprint density at radius 3 is 2.94 bits per heavy atom. The molecule has 0 radical (unpaired) electrons. The topological polar surface area (TPSA) is 68.8 Å². The molecule has 6 heteroatoms. The molecular formula is C11H17N5O. The van der Waals surface area contributed by atoms with Gasteiger partial charge in [0.15, 0.2) is 0 Å². The van der Waals surface area contributed by atoms with Gasteiger partial charge in [-0.1, -0.05) is 6.92 Å². The van der Waals surface area contributed by atoms with Crippen LogP contribution in [-0.4, -0.2) is 20.0 Å². The van der Waals surface area contributed by atoms with Crippen LogP contribution in [-0.2, 0) is 6.54 Å². The Bertz CT molecular complexity index is 476. The smallest absolute Gasteiger partial charge is 0.238 e. The second-order valence-corrected chi connectivity index (χ2v) is 4.02. The Morgan fingerprint density at radius 1 is 1.47 bits per heavy atom. The van der Waals surface area contributed by atoms with E-state index in [0.717, 1.165) is 18.7 Å². The van der Waals surface area contributed by atoms with Gasteiger partial charge in [-0.3, -0.25) is 4.68 Å². The predicted octanol–water partition coefficient (Wildman–Crippen LogP) is 2.16. The summed E-state index contributed by atoms with van der Waals surface area (Å²) in [6.45, 7) is 6.81. The van der Waals surface area contributed by atoms with Crippen molar-refractivity contribution >= 4 is 5.69 Å². The second-order valence-electron chi connectivity index (χ2n) is 4.02. The molecule has 1 atom stereocenters. The molecule has 0 aliphatic rings. The molecule has 0 bridgehead atoms. The summed E-state index contributed by atoms with van der Waals surface area (Å²) in [5.41, 5.74) is 0.960. The largest absolute Gasteiger partial charge is 0.423 e. The van der Waals surface area contributed by atoms with Crippen molar-refractivity contribution in [2.24, 2.45) is 0 Å². The molecule has 92 valence electrons. The summed E-state index contributed by atoms with van der Waals surface area (Å²) in [4.78, 5) is 0. The summed E-state index contributed by atoms with van der Waals surface area (Å²) in [5, 5.41) is 15.3. The van der Waals surface area contributed by atoms with Crippen LogP contribution in [0.1, 0.15) is 38.1 Å². The van der Waals surface area contributed by atoms with Gasteiger partial charge in [0.05, 0.1) is 11.9 Å². The highest BCUT2D eigenvalue weighted by atomic mass is 16.4. The van der Waals surface area contributed by atoms with Crippen molar-refractivity contribution in [2.75, 3.05) is 5.32 Å². The van der Waals surface area contributed by atoms with E-state index >= 15 is 0 Å². The van der Waals surface area contributed by atoms with Crippen molar-refractivity contribution in [2.45, 2.75) is 39.8 Å². The summed E-state index contributed by atoms with van der Waals surface area (Å²) in [5.74, 6) is 1.17. The van der Waals surface area contributed by atoms with Crippen LogP contribution in [0.3, 0.4) is 0 Å². The molecule has 17 heavy (non-hydrogen) atoms. The van der Waals surface area contributed by atoms with Gasteiger partial charge in [-0.25, -0.2) is 0 Å². The first kappa shape index (κ1) is 11.6. The predicted molar refractivity (Wildman–Crippen MR) is 63.6 cm³/mol. The number of hydrogen-bond acceptors (Lipinski definition) is 5. The number of nitrogens with zero attached hydrogens (tertiary/aromatic N) is 4. The van der Waals surface area contributed by atoms with Gasteiger partial charge in [-0.15, -0.1) is 10.2 Å². The third kappa shape index (κ3) is 2.83. The van der Waals surface area contributed by atoms with E-state index in [1.54, 1.807) is 13.1 Å². The van der Waals surface area contributed by atoms with Gasteiger partial charge in [0.1, 0.15) is 6.04 Å². The molecule has 1 N–H and O–H groups in total. The molecule has 0 amide bonds. The lowest BCUT2D eigenvalue weighted by Crippen LogP contribution is -2.06. The third-order valence-corrected chi connectivity index (χ3v) is 2.38. The molecule has 0 aliphatic carbocycles. The zero-order chi connectivity index (χ0) is 12.3. The molecule has 0 aliphatic heterocycles. The number of aromatic nitrogens is 4. The van der Waals surface area contributed by atoms with E-state index in [-0.39, 0.29) is 6.04 Å². The fourth-order valence-corrected chi connectivity index (χ4v) is 1.59. The zero-order valence-electron chi connectivity index (χ0n) is 10.3. The minimum Gasteiger partial charge on any atom is -0.423 e. The van der Waals surface area contributed by atoms with Gasteiger partial charge >= 0.3 is 0 Å². The highest BCUT2D eigenvalue weighted by Gasteiger charge is 2.12. The molecule has 1 unspecified atom stereocenters. The van der Waals surface area contributed by atoms with Gasteiger partial charge in [-0.2, -0.15) is 5.10 Å². The average Bonchev–Trinajstić information content (AvgIpc) is 2.88. The maximum atomic E-state index is 5.36. The molecule has 0 spiro atoms.